The van der Waals surface area contributed by atoms with Crippen LogP contribution in [-0.4, -0.2) is 192 Å². The molecule has 1 unspecified atom stereocenters. The number of carbonyl (C=O) groups excluding carboxylic acids is 14. The van der Waals surface area contributed by atoms with Crippen LogP contribution in [0.25, 0.3) is 21.8 Å². The second-order valence-electron chi connectivity index (χ2n) is 26.9. The lowest BCUT2D eigenvalue weighted by Crippen LogP contribution is -2.60. The first-order chi connectivity index (χ1) is 52.1. The summed E-state index contributed by atoms with van der Waals surface area (Å²) in [5, 5.41) is 40.3. The van der Waals surface area contributed by atoms with Crippen molar-refractivity contribution in [3.63, 3.8) is 0 Å². The zero-order chi connectivity index (χ0) is 80.1. The van der Waals surface area contributed by atoms with E-state index < -0.39 is 169 Å². The molecule has 0 saturated heterocycles. The summed E-state index contributed by atoms with van der Waals surface area (Å²) < 4.78 is 5.14. The summed E-state index contributed by atoms with van der Waals surface area (Å²) in [6.45, 7) is 9.53. The molecular formula is C75H108N18O16. The number of hydrogen-bond donors (Lipinski definition) is 19. The fourth-order valence-corrected chi connectivity index (χ4v) is 11.7. The molecule has 0 fully saturated rings. The Morgan fingerprint density at radius 2 is 0.899 bits per heavy atom. The summed E-state index contributed by atoms with van der Waals surface area (Å²) in [6.07, 6.45) is 4.42. The third kappa shape index (κ3) is 29.8. The van der Waals surface area contributed by atoms with E-state index in [9.17, 15) is 72.2 Å². The molecule has 2 aromatic heterocycles. The lowest BCUT2D eigenvalue weighted by atomic mass is 9.97. The van der Waals surface area contributed by atoms with Gasteiger partial charge in [-0.2, -0.15) is 0 Å². The Balaban J connectivity index is 1.39. The number of benzene rings is 3. The number of aromatic amines is 2. The van der Waals surface area contributed by atoms with Crippen LogP contribution >= 0.6 is 0 Å². The average Bonchev–Trinajstić information content (AvgIpc) is 1.72. The molecule has 0 saturated carbocycles. The van der Waals surface area contributed by atoms with Crippen molar-refractivity contribution in [3.05, 3.63) is 115 Å². The zero-order valence-corrected chi connectivity index (χ0v) is 62.2. The minimum Gasteiger partial charge on any atom is -0.508 e. The van der Waals surface area contributed by atoms with Crippen LogP contribution in [0.3, 0.4) is 0 Å². The molecule has 109 heavy (non-hydrogen) atoms. The number of rotatable bonds is 50. The molecule has 594 valence electrons. The van der Waals surface area contributed by atoms with Crippen molar-refractivity contribution in [1.82, 2.24) is 68.5 Å². The first kappa shape index (κ1) is 88.4. The summed E-state index contributed by atoms with van der Waals surface area (Å²) in [7, 11) is 0. The number of ether oxygens (including phenoxy) is 1. The van der Waals surface area contributed by atoms with Gasteiger partial charge in [-0.15, -0.1) is 0 Å². The molecule has 2 heterocycles. The highest BCUT2D eigenvalue weighted by atomic mass is 16.5. The number of aromatic hydroxyl groups is 1. The molecule has 13 amide bonds. The molecule has 5 rings (SSSR count). The molecule has 34 heteroatoms. The van der Waals surface area contributed by atoms with Crippen molar-refractivity contribution in [2.75, 3.05) is 39.3 Å². The summed E-state index contributed by atoms with van der Waals surface area (Å²) >= 11 is 0. The number of phenolic OH excluding ortho intramolecular Hbond substituents is 1. The zero-order valence-electron chi connectivity index (χ0n) is 62.2. The van der Waals surface area contributed by atoms with Crippen molar-refractivity contribution in [1.29, 1.82) is 0 Å². The first-order valence-electron chi connectivity index (χ1n) is 36.7. The number of amides is 13. The number of esters is 1. The minimum atomic E-state index is -1.54. The van der Waals surface area contributed by atoms with Gasteiger partial charge in [0.1, 0.15) is 66.7 Å². The third-order valence-corrected chi connectivity index (χ3v) is 18.4. The molecule has 0 radical (unpaired) electrons. The summed E-state index contributed by atoms with van der Waals surface area (Å²) in [6, 6.07) is 6.86. The van der Waals surface area contributed by atoms with E-state index in [0.717, 1.165) is 6.42 Å². The third-order valence-electron chi connectivity index (χ3n) is 18.4. The lowest BCUT2D eigenvalue weighted by Gasteiger charge is -2.28. The summed E-state index contributed by atoms with van der Waals surface area (Å²) in [5.74, 6) is -12.4. The number of hydrogen-bond acceptors (Lipinski definition) is 19. The van der Waals surface area contributed by atoms with Crippen molar-refractivity contribution < 1.29 is 77.0 Å². The smallest absolute Gasteiger partial charge is 0.306 e. The normalized spacial score (nSPS) is 14.2. The van der Waals surface area contributed by atoms with Crippen LogP contribution in [0.4, 0.5) is 0 Å². The average molecular weight is 1520 g/mol. The Kier molecular flexibility index (Phi) is 37.3. The monoisotopic (exact) mass is 1520 g/mol. The van der Waals surface area contributed by atoms with Gasteiger partial charge in [0.25, 0.3) is 0 Å². The van der Waals surface area contributed by atoms with Crippen LogP contribution in [0.15, 0.2) is 97.8 Å². The molecule has 3 aromatic carbocycles. The maximum Gasteiger partial charge on any atom is 0.306 e. The van der Waals surface area contributed by atoms with E-state index >= 15 is 0 Å². The number of nitrogens with two attached hydrogens (primary N) is 5. The van der Waals surface area contributed by atoms with Crippen LogP contribution < -0.4 is 87.2 Å². The molecule has 24 N–H and O–H groups in total. The van der Waals surface area contributed by atoms with Crippen molar-refractivity contribution in [3.8, 4) is 5.75 Å². The highest BCUT2D eigenvalue weighted by Crippen LogP contribution is 2.23. The number of carbonyl (C=O) groups is 14. The van der Waals surface area contributed by atoms with Gasteiger partial charge in [0.05, 0.1) is 19.5 Å². The maximum absolute atomic E-state index is 15.0. The molecule has 34 nitrogen and oxygen atoms in total. The van der Waals surface area contributed by atoms with Gasteiger partial charge in [0, 0.05) is 66.3 Å². The standard InChI is InChI=1S/C75H108N18O16/c1-6-34-109-65(99)30-28-56(70(103)93-66(44(5)8-3)75(108)83-41-62(80)96)89-73(106)58(36-46-39-81-51-18-11-9-16-49(46)51)91-68(101)54(21-14-32-77)85-64(98)42-84-67(100)53(20-13-31-76)87-69(102)55(22-15-33-78)88-72(105)59(37-47-40-82-52-19-12-10-17-50(47)52)92-71(104)57(35-45-24-26-48(94)27-25-45)90-74(107)60(38-61(79)95)86-63(97)29-23-43(4)7-2/h6,9-12,16-19,24-27,39-40,43-44,53-60,66,81-82,94H,1,7-8,13-15,20-23,28-38,41-42,76-78H2,2-5H3,(H2,79,95)(H2,80,96)(H,83,108)(H,84,100)(H,85,98)(H,86,97)(H,87,102)(H,88,105)(H,89,106)(H,90,107)(H,91,101)(H,92,104)(H,93,103)/t43?,44-,53-,54+,55+,56-,57+,58-,59+,60+,66-/m0/s1. The lowest BCUT2D eigenvalue weighted by molar-refractivity contribution is -0.143. The topological polar surface area (TPSA) is 562 Å². The minimum absolute atomic E-state index is 0.0296. The summed E-state index contributed by atoms with van der Waals surface area (Å²) in [5.41, 5.74) is 31.5. The fraction of sp³-hybridized carbons (Fsp3) is 0.493. The van der Waals surface area contributed by atoms with Gasteiger partial charge in [-0.1, -0.05) is 102 Å². The Labute approximate surface area is 632 Å². The van der Waals surface area contributed by atoms with E-state index in [1.54, 1.807) is 74.8 Å². The largest absolute Gasteiger partial charge is 0.508 e. The van der Waals surface area contributed by atoms with E-state index in [-0.39, 0.29) is 109 Å². The van der Waals surface area contributed by atoms with Crippen molar-refractivity contribution in [2.24, 2.45) is 40.5 Å². The number of phenols is 1. The van der Waals surface area contributed by atoms with Crippen LogP contribution in [0.5, 0.6) is 5.75 Å². The number of nitrogens with one attached hydrogen (secondary N) is 13. The second kappa shape index (κ2) is 46.1. The Morgan fingerprint density at radius 3 is 1.38 bits per heavy atom. The van der Waals surface area contributed by atoms with Crippen LogP contribution in [0.2, 0.25) is 0 Å². The Morgan fingerprint density at radius 1 is 0.468 bits per heavy atom. The fourth-order valence-electron chi connectivity index (χ4n) is 11.7. The number of fused-ring (bicyclic) bond motifs is 2. The second-order valence-corrected chi connectivity index (χ2v) is 26.9. The van der Waals surface area contributed by atoms with E-state index in [4.69, 9.17) is 33.4 Å². The molecular weight excluding hydrogens is 1410 g/mol. The van der Waals surface area contributed by atoms with Gasteiger partial charge in [-0.25, -0.2) is 0 Å². The van der Waals surface area contributed by atoms with Crippen LogP contribution in [0.1, 0.15) is 128 Å². The number of H-pyrrole nitrogens is 2. The van der Waals surface area contributed by atoms with E-state index in [1.165, 1.54) is 30.3 Å². The van der Waals surface area contributed by atoms with Gasteiger partial charge in [0.2, 0.25) is 76.8 Å². The molecule has 0 aliphatic rings. The SMILES string of the molecule is C=CCOC(=O)CC[C@H](NC(=O)[C@H](Cc1c[nH]c2ccccc12)NC(=O)[C@@H](CCCN)NC(=O)CNC(=O)[C@H](CCCN)NC(=O)[C@@H](CCCN)NC(=O)[C@@H](Cc1c[nH]c2ccccc12)NC(=O)[C@@H](Cc1ccc(O)cc1)NC(=O)[C@@H](CC(N)=O)NC(=O)CCC(C)CC)C(=O)N[C@H](C(=O)NCC(N)=O)[C@@H](C)CC. The van der Waals surface area contributed by atoms with Crippen LogP contribution in [-0.2, 0) is 91.1 Å². The van der Waals surface area contributed by atoms with Gasteiger partial charge in [0.15, 0.2) is 0 Å². The number of aromatic nitrogens is 2. The summed E-state index contributed by atoms with van der Waals surface area (Å²) in [4.78, 5) is 200. The van der Waals surface area contributed by atoms with Gasteiger partial charge >= 0.3 is 5.97 Å². The first-order valence-corrected chi connectivity index (χ1v) is 36.7. The molecule has 0 aliphatic carbocycles. The van der Waals surface area contributed by atoms with E-state index in [0.29, 0.717) is 51.3 Å². The van der Waals surface area contributed by atoms with E-state index in [1.807, 2.05) is 13.8 Å². The van der Waals surface area contributed by atoms with Crippen molar-refractivity contribution >= 4 is 105 Å². The van der Waals surface area contributed by atoms with Gasteiger partial charge in [-0.3, -0.25) is 67.1 Å². The van der Waals surface area contributed by atoms with Gasteiger partial charge < -0.3 is 107 Å². The maximum atomic E-state index is 15.0. The highest BCUT2D eigenvalue weighted by Gasteiger charge is 2.37. The number of primary amides is 2. The number of para-hydroxylation sites is 2. The predicted molar refractivity (Wildman–Crippen MR) is 406 cm³/mol. The molecule has 0 bridgehead atoms. The molecule has 11 atom stereocenters. The molecule has 0 spiro atoms. The Hall–Kier alpha value is -11.3. The molecule has 0 aliphatic heterocycles. The quantitative estimate of drug-likeness (QED) is 0.0163. The van der Waals surface area contributed by atoms with Crippen LogP contribution in [0, 0.1) is 11.8 Å². The van der Waals surface area contributed by atoms with Crippen molar-refractivity contribution in [2.45, 2.75) is 185 Å². The predicted octanol–water partition coefficient (Wildman–Crippen LogP) is -1.06. The highest BCUT2D eigenvalue weighted by molar-refractivity contribution is 6.00. The van der Waals surface area contributed by atoms with E-state index in [2.05, 4.69) is 75.0 Å². The van der Waals surface area contributed by atoms with Gasteiger partial charge in [-0.05, 0) is 124 Å². The molecule has 5 aromatic rings. The Bertz CT molecular complexity index is 3920.